The Labute approximate surface area is 110 Å². The molecule has 0 saturated carbocycles. The number of hydrogen-bond acceptors (Lipinski definition) is 2. The highest BCUT2D eigenvalue weighted by Crippen LogP contribution is 2.04. The van der Waals surface area contributed by atoms with E-state index in [4.69, 9.17) is 5.73 Å². The van der Waals surface area contributed by atoms with Crippen molar-refractivity contribution in [2.24, 2.45) is 11.7 Å². The Morgan fingerprint density at radius 3 is 2.61 bits per heavy atom. The van der Waals surface area contributed by atoms with Crippen molar-refractivity contribution >= 4 is 5.91 Å². The van der Waals surface area contributed by atoms with Gasteiger partial charge in [0.15, 0.2) is 0 Å². The van der Waals surface area contributed by atoms with Crippen LogP contribution in [0.5, 0.6) is 0 Å². The van der Waals surface area contributed by atoms with E-state index in [9.17, 15) is 4.79 Å². The molecule has 0 aliphatic heterocycles. The van der Waals surface area contributed by atoms with Gasteiger partial charge in [0.1, 0.15) is 0 Å². The smallest absolute Gasteiger partial charge is 0.236 e. The standard InChI is InChI=1S/C15H24N2O/c1-3-12(2)11-17-15(18)14(16)10-9-13-7-5-4-6-8-13/h4-8,12,14H,3,9-11,16H2,1-2H3,(H,17,18). The molecule has 0 spiro atoms. The number of carbonyl (C=O) groups excluding carboxylic acids is 1. The second kappa shape index (κ2) is 7.88. The van der Waals surface area contributed by atoms with Crippen LogP contribution in [0.2, 0.25) is 0 Å². The maximum atomic E-state index is 11.7. The lowest BCUT2D eigenvalue weighted by atomic mass is 10.0. The molecule has 2 atom stereocenters. The summed E-state index contributed by atoms with van der Waals surface area (Å²) in [7, 11) is 0. The van der Waals surface area contributed by atoms with Gasteiger partial charge in [-0.15, -0.1) is 0 Å². The molecule has 0 saturated heterocycles. The molecule has 0 aliphatic rings. The molecule has 18 heavy (non-hydrogen) atoms. The van der Waals surface area contributed by atoms with E-state index >= 15 is 0 Å². The highest BCUT2D eigenvalue weighted by molar-refractivity contribution is 5.81. The lowest BCUT2D eigenvalue weighted by molar-refractivity contribution is -0.122. The van der Waals surface area contributed by atoms with Crippen molar-refractivity contribution in [1.29, 1.82) is 0 Å². The first-order valence-electron chi connectivity index (χ1n) is 6.70. The third-order valence-electron chi connectivity index (χ3n) is 3.25. The van der Waals surface area contributed by atoms with Gasteiger partial charge in [-0.2, -0.15) is 0 Å². The van der Waals surface area contributed by atoms with Crippen LogP contribution in [0, 0.1) is 5.92 Å². The average Bonchev–Trinajstić information content (AvgIpc) is 2.42. The van der Waals surface area contributed by atoms with Crippen molar-refractivity contribution in [1.82, 2.24) is 5.32 Å². The predicted molar refractivity (Wildman–Crippen MR) is 75.2 cm³/mol. The molecule has 0 radical (unpaired) electrons. The van der Waals surface area contributed by atoms with E-state index in [1.54, 1.807) is 0 Å². The van der Waals surface area contributed by atoms with Crippen molar-refractivity contribution in [2.45, 2.75) is 39.2 Å². The van der Waals surface area contributed by atoms with Crippen LogP contribution < -0.4 is 11.1 Å². The summed E-state index contributed by atoms with van der Waals surface area (Å²) in [4.78, 5) is 11.7. The molecule has 3 heteroatoms. The number of carbonyl (C=O) groups is 1. The molecule has 0 bridgehead atoms. The summed E-state index contributed by atoms with van der Waals surface area (Å²) in [6, 6.07) is 9.71. The summed E-state index contributed by atoms with van der Waals surface area (Å²) >= 11 is 0. The van der Waals surface area contributed by atoms with Crippen molar-refractivity contribution in [3.63, 3.8) is 0 Å². The summed E-state index contributed by atoms with van der Waals surface area (Å²) < 4.78 is 0. The second-order valence-corrected chi connectivity index (χ2v) is 4.89. The van der Waals surface area contributed by atoms with Gasteiger partial charge in [0.2, 0.25) is 5.91 Å². The molecule has 0 heterocycles. The van der Waals surface area contributed by atoms with Crippen LogP contribution in [0.15, 0.2) is 30.3 Å². The maximum Gasteiger partial charge on any atom is 0.236 e. The maximum absolute atomic E-state index is 11.7. The number of rotatable bonds is 7. The van der Waals surface area contributed by atoms with Crippen LogP contribution in [0.1, 0.15) is 32.3 Å². The fourth-order valence-electron chi connectivity index (χ4n) is 1.65. The normalized spacial score (nSPS) is 13.9. The molecule has 3 nitrogen and oxygen atoms in total. The van der Waals surface area contributed by atoms with Gasteiger partial charge in [-0.05, 0) is 24.3 Å². The third kappa shape index (κ3) is 5.32. The Morgan fingerprint density at radius 2 is 2.00 bits per heavy atom. The van der Waals surface area contributed by atoms with Crippen molar-refractivity contribution in [3.8, 4) is 0 Å². The van der Waals surface area contributed by atoms with Crippen LogP contribution >= 0.6 is 0 Å². The van der Waals surface area contributed by atoms with Gasteiger partial charge < -0.3 is 11.1 Å². The van der Waals surface area contributed by atoms with Crippen molar-refractivity contribution in [3.05, 3.63) is 35.9 Å². The minimum Gasteiger partial charge on any atom is -0.354 e. The summed E-state index contributed by atoms with van der Waals surface area (Å²) in [6.07, 6.45) is 2.61. The Balaban J connectivity index is 2.27. The molecule has 100 valence electrons. The average molecular weight is 248 g/mol. The van der Waals surface area contributed by atoms with Gasteiger partial charge in [-0.25, -0.2) is 0 Å². The largest absolute Gasteiger partial charge is 0.354 e. The Bertz CT molecular complexity index is 351. The fraction of sp³-hybridized carbons (Fsp3) is 0.533. The molecule has 1 aromatic carbocycles. The van der Waals surface area contributed by atoms with Gasteiger partial charge in [-0.3, -0.25) is 4.79 Å². The van der Waals surface area contributed by atoms with E-state index in [-0.39, 0.29) is 5.91 Å². The minimum absolute atomic E-state index is 0.0359. The Kier molecular flexibility index (Phi) is 6.44. The third-order valence-corrected chi connectivity index (χ3v) is 3.25. The van der Waals surface area contributed by atoms with E-state index in [1.165, 1.54) is 5.56 Å². The van der Waals surface area contributed by atoms with Crippen LogP contribution in [-0.2, 0) is 11.2 Å². The van der Waals surface area contributed by atoms with E-state index < -0.39 is 6.04 Å². The van der Waals surface area contributed by atoms with E-state index in [1.807, 2.05) is 18.2 Å². The first-order chi connectivity index (χ1) is 8.63. The molecule has 1 rings (SSSR count). The number of nitrogens with two attached hydrogens (primary N) is 1. The topological polar surface area (TPSA) is 55.1 Å². The SMILES string of the molecule is CCC(C)CNC(=O)C(N)CCc1ccccc1. The highest BCUT2D eigenvalue weighted by Gasteiger charge is 2.13. The number of hydrogen-bond donors (Lipinski definition) is 2. The number of nitrogens with one attached hydrogen (secondary N) is 1. The number of benzene rings is 1. The zero-order chi connectivity index (χ0) is 13.4. The molecule has 0 fully saturated rings. The Hall–Kier alpha value is -1.35. The predicted octanol–water partition coefficient (Wildman–Crippen LogP) is 2.11. The fourth-order valence-corrected chi connectivity index (χ4v) is 1.65. The van der Waals surface area contributed by atoms with Gasteiger partial charge in [0.05, 0.1) is 6.04 Å². The summed E-state index contributed by atoms with van der Waals surface area (Å²) in [5.74, 6) is 0.474. The van der Waals surface area contributed by atoms with Crippen molar-refractivity contribution in [2.75, 3.05) is 6.54 Å². The van der Waals surface area contributed by atoms with Gasteiger partial charge >= 0.3 is 0 Å². The van der Waals surface area contributed by atoms with Gasteiger partial charge in [0.25, 0.3) is 0 Å². The monoisotopic (exact) mass is 248 g/mol. The van der Waals surface area contributed by atoms with Gasteiger partial charge in [0, 0.05) is 6.54 Å². The quantitative estimate of drug-likeness (QED) is 0.776. The summed E-state index contributed by atoms with van der Waals surface area (Å²) in [6.45, 7) is 4.95. The lowest BCUT2D eigenvalue weighted by Crippen LogP contribution is -2.42. The van der Waals surface area contributed by atoms with Crippen LogP contribution in [0.3, 0.4) is 0 Å². The van der Waals surface area contributed by atoms with Gasteiger partial charge in [-0.1, -0.05) is 50.6 Å². The van der Waals surface area contributed by atoms with Crippen LogP contribution in [0.4, 0.5) is 0 Å². The number of amides is 1. The van der Waals surface area contributed by atoms with Crippen LogP contribution in [0.25, 0.3) is 0 Å². The van der Waals surface area contributed by atoms with Crippen molar-refractivity contribution < 1.29 is 4.79 Å². The molecule has 1 aromatic rings. The first-order valence-corrected chi connectivity index (χ1v) is 6.70. The zero-order valence-corrected chi connectivity index (χ0v) is 11.4. The highest BCUT2D eigenvalue weighted by atomic mass is 16.2. The summed E-state index contributed by atoms with van der Waals surface area (Å²) in [5.41, 5.74) is 7.11. The first kappa shape index (κ1) is 14.7. The zero-order valence-electron chi connectivity index (χ0n) is 11.4. The molecular formula is C15H24N2O. The molecule has 2 unspecified atom stereocenters. The molecular weight excluding hydrogens is 224 g/mol. The van der Waals surface area contributed by atoms with E-state index in [0.29, 0.717) is 18.9 Å². The molecule has 1 amide bonds. The van der Waals surface area contributed by atoms with Crippen LogP contribution in [-0.4, -0.2) is 18.5 Å². The number of aryl methyl sites for hydroxylation is 1. The Morgan fingerprint density at radius 1 is 1.33 bits per heavy atom. The minimum atomic E-state index is -0.408. The molecule has 0 aromatic heterocycles. The van der Waals surface area contributed by atoms with E-state index in [2.05, 4.69) is 31.3 Å². The summed E-state index contributed by atoms with van der Waals surface area (Å²) in [5, 5.41) is 2.91. The lowest BCUT2D eigenvalue weighted by Gasteiger charge is -2.14. The van der Waals surface area contributed by atoms with E-state index in [0.717, 1.165) is 12.8 Å². The second-order valence-electron chi connectivity index (χ2n) is 4.89. The molecule has 3 N–H and O–H groups in total. The molecule has 0 aliphatic carbocycles.